The summed E-state index contributed by atoms with van der Waals surface area (Å²) in [5.74, 6) is 2.01. The van der Waals surface area contributed by atoms with E-state index < -0.39 is 0 Å². The molecule has 0 saturated heterocycles. The Morgan fingerprint density at radius 2 is 2.08 bits per heavy atom. The van der Waals surface area contributed by atoms with E-state index in [0.717, 1.165) is 12.1 Å². The predicted molar refractivity (Wildman–Crippen MR) is 98.1 cm³/mol. The van der Waals surface area contributed by atoms with Gasteiger partial charge in [0, 0.05) is 48.3 Å². The number of ether oxygens (including phenoxy) is 1. The molecule has 3 aromatic rings. The lowest BCUT2D eigenvalue weighted by Crippen LogP contribution is -2.07. The van der Waals surface area contributed by atoms with Gasteiger partial charge in [0.2, 0.25) is 5.88 Å². The van der Waals surface area contributed by atoms with E-state index in [2.05, 4.69) is 32.1 Å². The van der Waals surface area contributed by atoms with Gasteiger partial charge < -0.3 is 9.72 Å². The summed E-state index contributed by atoms with van der Waals surface area (Å²) in [6.45, 7) is 4.43. The molecule has 4 rings (SSSR count). The van der Waals surface area contributed by atoms with Gasteiger partial charge in [-0.2, -0.15) is 4.98 Å². The lowest BCUT2D eigenvalue weighted by atomic mass is 10.2. The van der Waals surface area contributed by atoms with Crippen LogP contribution in [0.4, 0.5) is 0 Å². The molecular weight excluding hydrogens is 328 g/mol. The topological polar surface area (TPSA) is 80.8 Å². The number of hydrogen-bond donors (Lipinski definition) is 1. The second-order valence-corrected chi connectivity index (χ2v) is 6.75. The molecule has 6 heteroatoms. The van der Waals surface area contributed by atoms with Crippen LogP contribution < -0.4 is 10.2 Å². The van der Waals surface area contributed by atoms with Crippen molar-refractivity contribution in [3.63, 3.8) is 0 Å². The lowest BCUT2D eigenvalue weighted by Gasteiger charge is -2.10. The number of H-pyrrole nitrogens is 1. The molecule has 1 N–H and O–H groups in total. The molecule has 1 aliphatic rings. The molecule has 0 amide bonds. The first-order valence-electron chi connectivity index (χ1n) is 8.68. The summed E-state index contributed by atoms with van der Waals surface area (Å²) in [5.41, 5.74) is 3.56. The second-order valence-electron chi connectivity index (χ2n) is 6.75. The number of nitrogens with zero attached hydrogens (tertiary/aromatic N) is 3. The Labute approximate surface area is 151 Å². The summed E-state index contributed by atoms with van der Waals surface area (Å²) in [7, 11) is 0. The minimum absolute atomic E-state index is 0.0713. The average Bonchev–Trinajstić information content (AvgIpc) is 3.40. The standard InChI is InChI=1S/C20H20N4O2/c1-12-3-4-18(23-9-12)16-7-14(16)11-26-20-17(10-22-13(2)24-20)19-8-15(25)5-6-21-19/h3-6,8-10,14,16H,7,11H2,1-2H3,(H,21,25)/t14-,16+/m1/s1. The highest BCUT2D eigenvalue weighted by atomic mass is 16.5. The molecule has 2 atom stereocenters. The molecule has 3 heterocycles. The van der Waals surface area contributed by atoms with Gasteiger partial charge in [0.05, 0.1) is 17.9 Å². The maximum absolute atomic E-state index is 11.6. The number of pyridine rings is 2. The fraction of sp³-hybridized carbons (Fsp3) is 0.300. The average molecular weight is 348 g/mol. The monoisotopic (exact) mass is 348 g/mol. The minimum atomic E-state index is -0.0713. The Morgan fingerprint density at radius 3 is 2.85 bits per heavy atom. The van der Waals surface area contributed by atoms with E-state index in [1.54, 1.807) is 12.4 Å². The predicted octanol–water partition coefficient (Wildman–Crippen LogP) is 3.03. The maximum atomic E-state index is 11.6. The Balaban J connectivity index is 1.49. The molecule has 3 aromatic heterocycles. The third-order valence-corrected chi connectivity index (χ3v) is 4.61. The van der Waals surface area contributed by atoms with Gasteiger partial charge in [0.1, 0.15) is 5.82 Å². The molecule has 0 unspecified atom stereocenters. The Hall–Kier alpha value is -3.02. The molecule has 0 radical (unpaired) electrons. The summed E-state index contributed by atoms with van der Waals surface area (Å²) in [6.07, 6.45) is 6.27. The first kappa shape index (κ1) is 16.4. The van der Waals surface area contributed by atoms with Gasteiger partial charge in [-0.05, 0) is 31.9 Å². The van der Waals surface area contributed by atoms with Gasteiger partial charge in [-0.25, -0.2) is 4.98 Å². The molecule has 6 nitrogen and oxygen atoms in total. The molecule has 1 aliphatic carbocycles. The Bertz CT molecular complexity index is 982. The van der Waals surface area contributed by atoms with Crippen molar-refractivity contribution >= 4 is 0 Å². The zero-order valence-corrected chi connectivity index (χ0v) is 14.8. The van der Waals surface area contributed by atoms with Crippen molar-refractivity contribution in [2.75, 3.05) is 6.61 Å². The van der Waals surface area contributed by atoms with Crippen LogP contribution in [0.2, 0.25) is 0 Å². The van der Waals surface area contributed by atoms with Crippen LogP contribution in [0.25, 0.3) is 11.3 Å². The summed E-state index contributed by atoms with van der Waals surface area (Å²) >= 11 is 0. The highest BCUT2D eigenvalue weighted by Crippen LogP contribution is 2.46. The van der Waals surface area contributed by atoms with Crippen molar-refractivity contribution in [2.24, 2.45) is 5.92 Å². The molecule has 26 heavy (non-hydrogen) atoms. The van der Waals surface area contributed by atoms with Gasteiger partial charge in [0.25, 0.3) is 0 Å². The molecule has 132 valence electrons. The van der Waals surface area contributed by atoms with Crippen molar-refractivity contribution in [1.29, 1.82) is 0 Å². The van der Waals surface area contributed by atoms with Crippen molar-refractivity contribution in [2.45, 2.75) is 26.2 Å². The third-order valence-electron chi connectivity index (χ3n) is 4.61. The highest BCUT2D eigenvalue weighted by molar-refractivity contribution is 5.63. The van der Waals surface area contributed by atoms with Crippen LogP contribution >= 0.6 is 0 Å². The molecular formula is C20H20N4O2. The maximum Gasteiger partial charge on any atom is 0.226 e. The number of aryl methyl sites for hydroxylation is 2. The van der Waals surface area contributed by atoms with Gasteiger partial charge >= 0.3 is 0 Å². The number of hydrogen-bond acceptors (Lipinski definition) is 5. The smallest absolute Gasteiger partial charge is 0.226 e. The van der Waals surface area contributed by atoms with Crippen LogP contribution in [0.5, 0.6) is 5.88 Å². The largest absolute Gasteiger partial charge is 0.477 e. The lowest BCUT2D eigenvalue weighted by molar-refractivity contribution is 0.285. The molecule has 0 aromatic carbocycles. The van der Waals surface area contributed by atoms with E-state index in [9.17, 15) is 4.79 Å². The second kappa shape index (κ2) is 6.71. The summed E-state index contributed by atoms with van der Waals surface area (Å²) in [6, 6.07) is 7.19. The van der Waals surface area contributed by atoms with Crippen LogP contribution in [0, 0.1) is 19.8 Å². The fourth-order valence-electron chi connectivity index (χ4n) is 3.02. The Morgan fingerprint density at radius 1 is 1.19 bits per heavy atom. The van der Waals surface area contributed by atoms with E-state index in [0.29, 0.717) is 41.4 Å². The zero-order valence-electron chi connectivity index (χ0n) is 14.8. The van der Waals surface area contributed by atoms with Gasteiger partial charge in [-0.15, -0.1) is 0 Å². The normalized spacial score (nSPS) is 18.5. The van der Waals surface area contributed by atoms with E-state index in [4.69, 9.17) is 4.74 Å². The van der Waals surface area contributed by atoms with Gasteiger partial charge in [0.15, 0.2) is 5.43 Å². The first-order chi connectivity index (χ1) is 12.6. The van der Waals surface area contributed by atoms with Crippen LogP contribution in [-0.2, 0) is 0 Å². The minimum Gasteiger partial charge on any atom is -0.477 e. The quantitative estimate of drug-likeness (QED) is 0.766. The number of aromatic amines is 1. The Kier molecular flexibility index (Phi) is 4.24. The van der Waals surface area contributed by atoms with Crippen molar-refractivity contribution < 1.29 is 4.74 Å². The first-order valence-corrected chi connectivity index (χ1v) is 8.68. The SMILES string of the molecule is Cc1ccc([C@H]2C[C@@H]2COc2nc(C)ncc2-c2cc(=O)cc[nH]2)nc1. The summed E-state index contributed by atoms with van der Waals surface area (Å²) in [5, 5.41) is 0. The van der Waals surface area contributed by atoms with E-state index in [1.165, 1.54) is 17.7 Å². The number of nitrogens with one attached hydrogen (secondary N) is 1. The molecule has 0 aliphatic heterocycles. The molecule has 1 fully saturated rings. The number of aromatic nitrogens is 4. The van der Waals surface area contributed by atoms with Crippen LogP contribution in [-0.4, -0.2) is 26.5 Å². The third kappa shape index (κ3) is 3.49. The van der Waals surface area contributed by atoms with Crippen molar-refractivity contribution in [3.8, 4) is 17.1 Å². The summed E-state index contributed by atoms with van der Waals surface area (Å²) in [4.78, 5) is 27.9. The van der Waals surface area contributed by atoms with E-state index in [1.807, 2.05) is 20.0 Å². The molecule has 1 saturated carbocycles. The van der Waals surface area contributed by atoms with Crippen molar-refractivity contribution in [1.82, 2.24) is 19.9 Å². The van der Waals surface area contributed by atoms with Crippen molar-refractivity contribution in [3.05, 3.63) is 70.2 Å². The molecule has 0 spiro atoms. The van der Waals surface area contributed by atoms with E-state index >= 15 is 0 Å². The highest BCUT2D eigenvalue weighted by Gasteiger charge is 2.40. The van der Waals surface area contributed by atoms with Crippen LogP contribution in [0.15, 0.2) is 47.7 Å². The van der Waals surface area contributed by atoms with Gasteiger partial charge in [-0.1, -0.05) is 6.07 Å². The molecule has 0 bridgehead atoms. The van der Waals surface area contributed by atoms with E-state index in [-0.39, 0.29) is 5.43 Å². The summed E-state index contributed by atoms with van der Waals surface area (Å²) < 4.78 is 6.01. The fourth-order valence-corrected chi connectivity index (χ4v) is 3.02. The van der Waals surface area contributed by atoms with Crippen LogP contribution in [0.1, 0.15) is 29.4 Å². The number of rotatable bonds is 5. The van der Waals surface area contributed by atoms with Gasteiger partial charge in [-0.3, -0.25) is 9.78 Å². The van der Waals surface area contributed by atoms with Crippen LogP contribution in [0.3, 0.4) is 0 Å². The zero-order chi connectivity index (χ0) is 18.1.